The lowest BCUT2D eigenvalue weighted by Crippen LogP contribution is -2.44. The molecular weight excluding hydrogens is 609 g/mol. The van der Waals surface area contributed by atoms with Crippen molar-refractivity contribution in [3.8, 4) is 16.9 Å². The Kier molecular flexibility index (Phi) is 11.4. The predicted octanol–water partition coefficient (Wildman–Crippen LogP) is 7.61. The number of carbonyl (C=O) groups is 1. The quantitative estimate of drug-likeness (QED) is 0.189. The zero-order valence-electron chi connectivity index (χ0n) is 29.5. The van der Waals surface area contributed by atoms with E-state index >= 15 is 0 Å². The molecule has 9 heteroatoms. The average Bonchev–Trinajstić information content (AvgIpc) is 3.03. The Labute approximate surface area is 285 Å². The highest BCUT2D eigenvalue weighted by Crippen LogP contribution is 2.51. The standard InChI is InChI=1S/C39H52FN3O5/c1-27-33(36(37(44)45)48-38(2,3)4)35(43-21-19-39(20-22-43)17-7-18-39)34(32(41-27)26-42(5)23-25-46-6)29-10-14-31(15-11-29)47-24-16-28-8-12-30(40)13-9-28/h8-15,36H,7,16-26H2,1-6H3,(H,44,45)/t36-/m0/s1. The molecule has 2 aromatic carbocycles. The Hall–Kier alpha value is -3.53. The van der Waals surface area contributed by atoms with E-state index in [4.69, 9.17) is 19.2 Å². The number of aromatic nitrogens is 1. The molecule has 1 saturated heterocycles. The number of halogens is 1. The fourth-order valence-corrected chi connectivity index (χ4v) is 7.03. The maximum atomic E-state index is 13.3. The number of rotatable bonds is 14. The number of carboxylic acid groups (broad SMARTS) is 1. The molecule has 48 heavy (non-hydrogen) atoms. The van der Waals surface area contributed by atoms with Crippen LogP contribution < -0.4 is 9.64 Å². The number of anilines is 1. The van der Waals surface area contributed by atoms with Crippen molar-refractivity contribution in [2.75, 3.05) is 51.9 Å². The first-order valence-corrected chi connectivity index (χ1v) is 17.2. The molecule has 2 aliphatic rings. The molecular formula is C39H52FN3O5. The molecule has 8 nitrogen and oxygen atoms in total. The molecule has 260 valence electrons. The molecule has 0 unspecified atom stereocenters. The summed E-state index contributed by atoms with van der Waals surface area (Å²) in [4.78, 5) is 22.7. The van der Waals surface area contributed by atoms with Crippen molar-refractivity contribution < 1.29 is 28.5 Å². The smallest absolute Gasteiger partial charge is 0.337 e. The number of likely N-dealkylation sites (N-methyl/N-ethyl adjacent to an activating group) is 1. The van der Waals surface area contributed by atoms with Gasteiger partial charge in [0, 0.05) is 56.5 Å². The van der Waals surface area contributed by atoms with Crippen LogP contribution in [0.4, 0.5) is 10.1 Å². The Morgan fingerprint density at radius 2 is 1.71 bits per heavy atom. The van der Waals surface area contributed by atoms with Gasteiger partial charge in [-0.3, -0.25) is 9.88 Å². The number of ether oxygens (including phenoxy) is 3. The summed E-state index contributed by atoms with van der Waals surface area (Å²) in [7, 11) is 3.75. The molecule has 1 aromatic heterocycles. The van der Waals surface area contributed by atoms with Crippen LogP contribution in [0.25, 0.3) is 11.1 Å². The van der Waals surface area contributed by atoms with Gasteiger partial charge in [0.05, 0.1) is 30.2 Å². The normalized spacial score (nSPS) is 16.6. The number of pyridine rings is 1. The average molecular weight is 662 g/mol. The molecule has 1 N–H and O–H groups in total. The highest BCUT2D eigenvalue weighted by molar-refractivity contribution is 5.88. The molecule has 0 radical (unpaired) electrons. The number of hydrogen-bond donors (Lipinski definition) is 1. The largest absolute Gasteiger partial charge is 0.493 e. The van der Waals surface area contributed by atoms with E-state index in [9.17, 15) is 14.3 Å². The number of piperidine rings is 1. The Balaban J connectivity index is 1.57. The van der Waals surface area contributed by atoms with E-state index in [1.165, 1.54) is 31.4 Å². The van der Waals surface area contributed by atoms with Crippen molar-refractivity contribution in [2.45, 2.75) is 84.5 Å². The van der Waals surface area contributed by atoms with Gasteiger partial charge < -0.3 is 24.2 Å². The Bertz CT molecular complexity index is 1520. The molecule has 1 spiro atoms. The summed E-state index contributed by atoms with van der Waals surface area (Å²) in [5.74, 6) is -0.547. The fraction of sp³-hybridized carbons (Fsp3) is 0.538. The lowest BCUT2D eigenvalue weighted by Gasteiger charge is -2.49. The zero-order chi connectivity index (χ0) is 34.5. The van der Waals surface area contributed by atoms with E-state index in [2.05, 4.69) is 16.8 Å². The van der Waals surface area contributed by atoms with Gasteiger partial charge in [0.15, 0.2) is 6.10 Å². The third-order valence-corrected chi connectivity index (χ3v) is 9.80. The van der Waals surface area contributed by atoms with E-state index < -0.39 is 17.7 Å². The summed E-state index contributed by atoms with van der Waals surface area (Å²) >= 11 is 0. The first-order chi connectivity index (χ1) is 22.9. The van der Waals surface area contributed by atoms with E-state index in [1.54, 1.807) is 19.2 Å². The highest BCUT2D eigenvalue weighted by Gasteiger charge is 2.42. The summed E-state index contributed by atoms with van der Waals surface area (Å²) in [6, 6.07) is 14.5. The van der Waals surface area contributed by atoms with Crippen molar-refractivity contribution in [1.29, 1.82) is 0 Å². The zero-order valence-corrected chi connectivity index (χ0v) is 29.5. The van der Waals surface area contributed by atoms with E-state index in [-0.39, 0.29) is 5.82 Å². The molecule has 2 heterocycles. The summed E-state index contributed by atoms with van der Waals surface area (Å²) in [5, 5.41) is 10.6. The fourth-order valence-electron chi connectivity index (χ4n) is 7.03. The lowest BCUT2D eigenvalue weighted by atomic mass is 9.63. The summed E-state index contributed by atoms with van der Waals surface area (Å²) in [6.45, 7) is 11.6. The van der Waals surface area contributed by atoms with Crippen LogP contribution in [0.15, 0.2) is 48.5 Å². The maximum Gasteiger partial charge on any atom is 0.337 e. The molecule has 1 aliphatic heterocycles. The lowest BCUT2D eigenvalue weighted by molar-refractivity contribution is -0.160. The SMILES string of the molecule is COCCN(C)Cc1nc(C)c([C@H](OC(C)(C)C)C(=O)O)c(N2CCC3(CCC3)CC2)c1-c1ccc(OCCc2ccc(F)cc2)cc1. The van der Waals surface area contributed by atoms with Crippen LogP contribution in [0.1, 0.15) is 81.5 Å². The molecule has 0 bridgehead atoms. The third-order valence-electron chi connectivity index (χ3n) is 9.80. The van der Waals surface area contributed by atoms with Crippen molar-refractivity contribution in [3.05, 3.63) is 76.9 Å². The molecule has 0 amide bonds. The van der Waals surface area contributed by atoms with Gasteiger partial charge in [0.1, 0.15) is 11.6 Å². The van der Waals surface area contributed by atoms with Crippen LogP contribution in [-0.4, -0.2) is 73.6 Å². The molecule has 1 atom stereocenters. The first-order valence-electron chi connectivity index (χ1n) is 17.2. The van der Waals surface area contributed by atoms with Crippen molar-refractivity contribution >= 4 is 11.7 Å². The number of aliphatic carboxylic acids is 1. The van der Waals surface area contributed by atoms with Gasteiger partial charge in [-0.2, -0.15) is 0 Å². The second-order valence-electron chi connectivity index (χ2n) is 14.6. The third kappa shape index (κ3) is 8.73. The minimum absolute atomic E-state index is 0.251. The van der Waals surface area contributed by atoms with Gasteiger partial charge in [-0.05, 0) is 101 Å². The first kappa shape index (κ1) is 35.8. The van der Waals surface area contributed by atoms with Crippen LogP contribution in [0.3, 0.4) is 0 Å². The second kappa shape index (κ2) is 15.3. The maximum absolute atomic E-state index is 13.3. The number of carboxylic acids is 1. The monoisotopic (exact) mass is 661 g/mol. The van der Waals surface area contributed by atoms with E-state index in [0.717, 1.165) is 66.3 Å². The Morgan fingerprint density at radius 1 is 1.04 bits per heavy atom. The van der Waals surface area contributed by atoms with Crippen molar-refractivity contribution in [1.82, 2.24) is 9.88 Å². The number of methoxy groups -OCH3 is 1. The van der Waals surface area contributed by atoms with Gasteiger partial charge in [-0.25, -0.2) is 9.18 Å². The molecule has 2 fully saturated rings. The number of aryl methyl sites for hydroxylation is 1. The number of nitrogens with zero attached hydrogens (tertiary/aromatic N) is 3. The van der Waals surface area contributed by atoms with Crippen LogP contribution in [0.2, 0.25) is 0 Å². The van der Waals surface area contributed by atoms with Gasteiger partial charge >= 0.3 is 5.97 Å². The minimum Gasteiger partial charge on any atom is -0.493 e. The van der Waals surface area contributed by atoms with Gasteiger partial charge in [0.25, 0.3) is 0 Å². The van der Waals surface area contributed by atoms with Crippen molar-refractivity contribution in [3.63, 3.8) is 0 Å². The summed E-state index contributed by atoms with van der Waals surface area (Å²) in [5.41, 5.74) is 5.72. The van der Waals surface area contributed by atoms with Gasteiger partial charge in [-0.1, -0.05) is 30.7 Å². The van der Waals surface area contributed by atoms with Crippen LogP contribution in [0.5, 0.6) is 5.75 Å². The van der Waals surface area contributed by atoms with Crippen LogP contribution in [0, 0.1) is 18.2 Å². The highest BCUT2D eigenvalue weighted by atomic mass is 19.1. The van der Waals surface area contributed by atoms with Gasteiger partial charge in [0.2, 0.25) is 0 Å². The van der Waals surface area contributed by atoms with E-state index in [1.807, 2.05) is 52.0 Å². The predicted molar refractivity (Wildman–Crippen MR) is 187 cm³/mol. The Morgan fingerprint density at radius 3 is 2.27 bits per heavy atom. The number of hydrogen-bond acceptors (Lipinski definition) is 7. The second-order valence-corrected chi connectivity index (χ2v) is 14.6. The number of benzene rings is 2. The van der Waals surface area contributed by atoms with Crippen LogP contribution >= 0.6 is 0 Å². The van der Waals surface area contributed by atoms with E-state index in [0.29, 0.717) is 42.9 Å². The molecule has 1 saturated carbocycles. The van der Waals surface area contributed by atoms with Gasteiger partial charge in [-0.15, -0.1) is 0 Å². The topological polar surface area (TPSA) is 84.4 Å². The van der Waals surface area contributed by atoms with Crippen molar-refractivity contribution in [2.24, 2.45) is 5.41 Å². The molecule has 1 aliphatic carbocycles. The minimum atomic E-state index is -1.18. The van der Waals surface area contributed by atoms with Crippen LogP contribution in [-0.2, 0) is 27.2 Å². The molecule has 3 aromatic rings. The summed E-state index contributed by atoms with van der Waals surface area (Å²) < 4.78 is 31.1. The summed E-state index contributed by atoms with van der Waals surface area (Å²) in [6.07, 6.45) is 5.51. The molecule has 5 rings (SSSR count).